The molecule has 0 spiro atoms. The van der Waals surface area contributed by atoms with Gasteiger partial charge in [-0.05, 0) is 70.6 Å². The van der Waals surface area contributed by atoms with Crippen molar-refractivity contribution in [3.63, 3.8) is 0 Å². The molecule has 7 atom stereocenters. The van der Waals surface area contributed by atoms with Gasteiger partial charge in [0.15, 0.2) is 6.29 Å². The van der Waals surface area contributed by atoms with Gasteiger partial charge in [-0.2, -0.15) is 0 Å². The molecule has 6 N–H and O–H groups in total. The lowest BCUT2D eigenvalue weighted by molar-refractivity contribution is -0.302. The number of hydrogen-bond acceptors (Lipinski definition) is 8. The van der Waals surface area contributed by atoms with Crippen LogP contribution in [-0.4, -0.2) is 87.5 Å². The van der Waals surface area contributed by atoms with E-state index in [1.54, 1.807) is 6.08 Å². The van der Waals surface area contributed by atoms with Crippen molar-refractivity contribution < 1.29 is 39.8 Å². The van der Waals surface area contributed by atoms with E-state index in [9.17, 15) is 30.3 Å². The van der Waals surface area contributed by atoms with Crippen LogP contribution >= 0.6 is 0 Å². The van der Waals surface area contributed by atoms with Crippen molar-refractivity contribution >= 4 is 5.91 Å². The number of aliphatic hydroxyl groups is 5. The zero-order valence-corrected chi connectivity index (χ0v) is 56.3. The summed E-state index contributed by atoms with van der Waals surface area (Å²) in [5.41, 5.74) is 0. The Balaban J connectivity index is 2.08. The zero-order valence-electron chi connectivity index (χ0n) is 56.3. The minimum atomic E-state index is -1.57. The fourth-order valence-corrected chi connectivity index (χ4v) is 11.8. The Kier molecular flexibility index (Phi) is 62.3. The van der Waals surface area contributed by atoms with Crippen LogP contribution in [0, 0.1) is 0 Å². The standard InChI is InChI=1S/C77H141NO8/c1-3-5-7-9-11-13-15-17-19-21-23-25-27-29-30-31-32-33-34-35-36-37-38-39-40-41-42-43-45-47-49-51-53-55-57-59-61-63-65-67-73(81)78-70(69-85-77-76(84)75(83)74(82)72(68-79)86-77)71(80)66-64-62-60-58-56-54-52-50-48-46-44-28-26-24-22-20-18-16-14-12-10-8-6-4-2/h5,7,11,13,17,19,23,25,56,58,64,66,70-72,74-77,79-80,82-84H,3-4,6,8-10,12,14-16,18,20-22,24,26-55,57,59-63,65,67-69H2,1-2H3,(H,78,81)/b7-5-,13-11-,19-17-,25-23-,58-56+,66-64+. The van der Waals surface area contributed by atoms with E-state index in [4.69, 9.17) is 9.47 Å². The Bertz CT molecular complexity index is 1590. The molecule has 0 radical (unpaired) electrons. The Hall–Kier alpha value is -2.37. The second kappa shape index (κ2) is 65.6. The Morgan fingerprint density at radius 1 is 0.407 bits per heavy atom. The van der Waals surface area contributed by atoms with E-state index in [1.165, 1.54) is 270 Å². The molecule has 1 aliphatic rings. The van der Waals surface area contributed by atoms with E-state index in [-0.39, 0.29) is 12.5 Å². The summed E-state index contributed by atoms with van der Waals surface area (Å²) in [7, 11) is 0. The van der Waals surface area contributed by atoms with Crippen LogP contribution < -0.4 is 5.32 Å². The quantitative estimate of drug-likeness (QED) is 0.0261. The summed E-state index contributed by atoms with van der Waals surface area (Å²) in [5, 5.41) is 54.8. The first-order chi connectivity index (χ1) is 42.3. The fourth-order valence-electron chi connectivity index (χ4n) is 11.8. The van der Waals surface area contributed by atoms with Crippen molar-refractivity contribution in [1.82, 2.24) is 5.32 Å². The number of ether oxygens (including phenoxy) is 2. The molecule has 502 valence electrons. The molecule has 0 aliphatic carbocycles. The van der Waals surface area contributed by atoms with E-state index in [0.717, 1.165) is 64.2 Å². The topological polar surface area (TPSA) is 149 Å². The van der Waals surface area contributed by atoms with Gasteiger partial charge in [-0.1, -0.05) is 350 Å². The summed E-state index contributed by atoms with van der Waals surface area (Å²) in [4.78, 5) is 13.1. The highest BCUT2D eigenvalue weighted by Crippen LogP contribution is 2.23. The normalized spacial score (nSPS) is 18.4. The maximum atomic E-state index is 13.1. The largest absolute Gasteiger partial charge is 0.394 e. The van der Waals surface area contributed by atoms with Gasteiger partial charge in [0.1, 0.15) is 24.4 Å². The number of unbranched alkanes of at least 4 members (excludes halogenated alkanes) is 45. The molecule has 1 fully saturated rings. The number of amides is 1. The number of rotatable bonds is 65. The van der Waals surface area contributed by atoms with E-state index >= 15 is 0 Å². The van der Waals surface area contributed by atoms with Crippen molar-refractivity contribution in [2.45, 2.75) is 397 Å². The number of carbonyl (C=O) groups excluding carboxylic acids is 1. The highest BCUT2D eigenvalue weighted by atomic mass is 16.7. The lowest BCUT2D eigenvalue weighted by Crippen LogP contribution is -2.60. The number of carbonyl (C=O) groups is 1. The summed E-state index contributed by atoms with van der Waals surface area (Å²) < 4.78 is 11.3. The molecule has 9 heteroatoms. The predicted octanol–water partition coefficient (Wildman–Crippen LogP) is 20.7. The molecule has 0 bridgehead atoms. The first kappa shape index (κ1) is 81.6. The zero-order chi connectivity index (χ0) is 62.1. The summed E-state index contributed by atoms with van der Waals surface area (Å²) in [5.74, 6) is -0.180. The third-order valence-electron chi connectivity index (χ3n) is 17.5. The smallest absolute Gasteiger partial charge is 0.220 e. The molecule has 1 saturated heterocycles. The maximum Gasteiger partial charge on any atom is 0.220 e. The summed E-state index contributed by atoms with van der Waals surface area (Å²) in [6.45, 7) is 3.70. The summed E-state index contributed by atoms with van der Waals surface area (Å²) in [6.07, 6.45) is 86.1. The van der Waals surface area contributed by atoms with Gasteiger partial charge in [-0.3, -0.25) is 4.79 Å². The number of nitrogens with one attached hydrogen (secondary N) is 1. The Morgan fingerprint density at radius 3 is 1.12 bits per heavy atom. The van der Waals surface area contributed by atoms with Gasteiger partial charge in [-0.15, -0.1) is 0 Å². The van der Waals surface area contributed by atoms with Gasteiger partial charge in [0.2, 0.25) is 5.91 Å². The molecule has 0 aromatic rings. The van der Waals surface area contributed by atoms with Crippen molar-refractivity contribution in [3.8, 4) is 0 Å². The van der Waals surface area contributed by atoms with Crippen LogP contribution in [-0.2, 0) is 14.3 Å². The highest BCUT2D eigenvalue weighted by Gasteiger charge is 2.44. The molecule has 1 aliphatic heterocycles. The molecule has 1 heterocycles. The van der Waals surface area contributed by atoms with Crippen LogP contribution in [0.4, 0.5) is 0 Å². The monoisotopic (exact) mass is 1210 g/mol. The van der Waals surface area contributed by atoms with Crippen LogP contribution in [0.5, 0.6) is 0 Å². The minimum absolute atomic E-state index is 0.180. The molecule has 86 heavy (non-hydrogen) atoms. The van der Waals surface area contributed by atoms with Crippen molar-refractivity contribution in [2.24, 2.45) is 0 Å². The van der Waals surface area contributed by atoms with Crippen LogP contribution in [0.3, 0.4) is 0 Å². The third kappa shape index (κ3) is 53.5. The molecule has 0 aromatic heterocycles. The van der Waals surface area contributed by atoms with Crippen LogP contribution in [0.2, 0.25) is 0 Å². The number of aliphatic hydroxyl groups excluding tert-OH is 5. The summed E-state index contributed by atoms with van der Waals surface area (Å²) >= 11 is 0. The van der Waals surface area contributed by atoms with Gasteiger partial charge in [0.05, 0.1) is 25.4 Å². The van der Waals surface area contributed by atoms with Crippen LogP contribution in [0.15, 0.2) is 72.9 Å². The molecule has 0 aromatic carbocycles. The minimum Gasteiger partial charge on any atom is -0.394 e. The van der Waals surface area contributed by atoms with Crippen molar-refractivity contribution in [1.29, 1.82) is 0 Å². The molecule has 1 rings (SSSR count). The van der Waals surface area contributed by atoms with E-state index < -0.39 is 49.5 Å². The lowest BCUT2D eigenvalue weighted by Gasteiger charge is -2.40. The molecule has 1 amide bonds. The molecule has 7 unspecified atom stereocenters. The Labute approximate surface area is 531 Å². The lowest BCUT2D eigenvalue weighted by atomic mass is 9.99. The molecular formula is C77H141NO8. The SMILES string of the molecule is CC/C=C\C/C=C\C/C=C\C/C=C\CCCCCCCCCCCCCCCCCCCCCCCCCCCCC(=O)NC(COC1OC(CO)C(O)C(O)C1O)C(O)/C=C/CC/C=C/CCCCCCCCCCCCCCCCCCCC. The first-order valence-corrected chi connectivity index (χ1v) is 37.2. The van der Waals surface area contributed by atoms with Gasteiger partial charge in [-0.25, -0.2) is 0 Å². The summed E-state index contributed by atoms with van der Waals surface area (Å²) in [6, 6.07) is -0.823. The second-order valence-electron chi connectivity index (χ2n) is 25.7. The van der Waals surface area contributed by atoms with E-state index in [2.05, 4.69) is 79.9 Å². The first-order valence-electron chi connectivity index (χ1n) is 37.2. The van der Waals surface area contributed by atoms with Crippen LogP contribution in [0.25, 0.3) is 0 Å². The van der Waals surface area contributed by atoms with Gasteiger partial charge < -0.3 is 40.3 Å². The predicted molar refractivity (Wildman–Crippen MR) is 369 cm³/mol. The third-order valence-corrected chi connectivity index (χ3v) is 17.5. The number of hydrogen-bond donors (Lipinski definition) is 6. The Morgan fingerprint density at radius 2 is 0.733 bits per heavy atom. The van der Waals surface area contributed by atoms with Gasteiger partial charge in [0.25, 0.3) is 0 Å². The van der Waals surface area contributed by atoms with E-state index in [1.807, 2.05) is 6.08 Å². The van der Waals surface area contributed by atoms with Crippen molar-refractivity contribution in [3.05, 3.63) is 72.9 Å². The number of allylic oxidation sites excluding steroid dienone is 11. The fraction of sp³-hybridized carbons (Fsp3) is 0.831. The molecule has 0 saturated carbocycles. The second-order valence-corrected chi connectivity index (χ2v) is 25.7. The molecule has 9 nitrogen and oxygen atoms in total. The maximum absolute atomic E-state index is 13.1. The van der Waals surface area contributed by atoms with E-state index in [0.29, 0.717) is 6.42 Å². The highest BCUT2D eigenvalue weighted by molar-refractivity contribution is 5.76. The molecular weight excluding hydrogens is 1070 g/mol. The average Bonchev–Trinajstić information content (AvgIpc) is 3.55. The van der Waals surface area contributed by atoms with Gasteiger partial charge >= 0.3 is 0 Å². The van der Waals surface area contributed by atoms with Crippen LogP contribution in [0.1, 0.15) is 354 Å². The van der Waals surface area contributed by atoms with Gasteiger partial charge in [0, 0.05) is 6.42 Å². The van der Waals surface area contributed by atoms with Crippen molar-refractivity contribution in [2.75, 3.05) is 13.2 Å². The average molecular weight is 1210 g/mol.